The molecule has 0 aliphatic carbocycles. The largest absolute Gasteiger partial charge is 0.747 e. The van der Waals surface area contributed by atoms with Gasteiger partial charge in [-0.3, -0.25) is 4.90 Å². The summed E-state index contributed by atoms with van der Waals surface area (Å²) in [6.45, 7) is 0. The van der Waals surface area contributed by atoms with Gasteiger partial charge in [0.15, 0.2) is 0 Å². The third kappa shape index (κ3) is 10.2. The van der Waals surface area contributed by atoms with E-state index in [0.717, 1.165) is 0 Å². The van der Waals surface area contributed by atoms with Gasteiger partial charge in [-0.25, -0.2) is 25.3 Å². The van der Waals surface area contributed by atoms with Gasteiger partial charge in [0.25, 0.3) is 0 Å². The van der Waals surface area contributed by atoms with E-state index in [0.29, 0.717) is 0 Å². The van der Waals surface area contributed by atoms with E-state index >= 15 is 0 Å². The van der Waals surface area contributed by atoms with Crippen LogP contribution >= 0.6 is 0 Å². The van der Waals surface area contributed by atoms with Crippen LogP contribution in [0.25, 0.3) is 0 Å². The smallest absolute Gasteiger partial charge is 0.108 e. The Morgan fingerprint density at radius 3 is 0.938 bits per heavy atom. The molecule has 98 valence electrons. The van der Waals surface area contributed by atoms with Gasteiger partial charge in [0.2, 0.25) is 0 Å². The molecule has 16 heavy (non-hydrogen) atoms. The first-order valence-corrected chi connectivity index (χ1v) is 8.05. The Morgan fingerprint density at radius 1 is 0.625 bits per heavy atom. The van der Waals surface area contributed by atoms with E-state index in [1.54, 1.807) is 0 Å². The average molecular weight is 296 g/mol. The maximum absolute atomic E-state index is 10.2. The maximum atomic E-state index is 10.2. The molecular weight excluding hydrogens is 290 g/mol. The zero-order valence-corrected chi connectivity index (χ0v) is 9.92. The van der Waals surface area contributed by atoms with E-state index < -0.39 is 48.0 Å². The third-order valence-electron chi connectivity index (χ3n) is 1.02. The summed E-state index contributed by atoms with van der Waals surface area (Å²) in [6.07, 6.45) is 0. The fraction of sp³-hybridized carbons (Fsp3) is 1.00. The molecular formula is C3H6NO9S3-3. The Bertz CT molecular complexity index is 446. The fourth-order valence-electron chi connectivity index (χ4n) is 0.783. The van der Waals surface area contributed by atoms with Crippen LogP contribution in [0.3, 0.4) is 0 Å². The summed E-state index contributed by atoms with van der Waals surface area (Å²) in [5.74, 6) is -4.68. The van der Waals surface area contributed by atoms with Crippen LogP contribution in [-0.2, 0) is 30.4 Å². The molecule has 0 saturated heterocycles. The van der Waals surface area contributed by atoms with E-state index in [1.807, 2.05) is 0 Å². The summed E-state index contributed by atoms with van der Waals surface area (Å²) in [7, 11) is -15.0. The lowest BCUT2D eigenvalue weighted by Gasteiger charge is -2.25. The zero-order valence-electron chi connectivity index (χ0n) is 7.47. The standard InChI is InChI=1S/C3H9NO9S3/c5-14(6,7)1-4(2-15(8,9)10)3-16(11,12)13/h1-3H2,(H,5,6,7)(H,8,9,10)(H,11,12,13)/p-3. The molecule has 0 rings (SSSR count). The molecule has 0 radical (unpaired) electrons. The Hall–Kier alpha value is -0.310. The monoisotopic (exact) mass is 296 g/mol. The third-order valence-corrected chi connectivity index (χ3v) is 3.07. The summed E-state index contributed by atoms with van der Waals surface area (Å²) < 4.78 is 92.0. The van der Waals surface area contributed by atoms with Gasteiger partial charge in [-0.1, -0.05) is 0 Å². The van der Waals surface area contributed by atoms with E-state index in [1.165, 1.54) is 0 Å². The molecule has 0 atom stereocenters. The minimum Gasteiger partial charge on any atom is -0.747 e. The molecule has 0 saturated carbocycles. The molecule has 0 bridgehead atoms. The van der Waals surface area contributed by atoms with Crippen LogP contribution in [0.1, 0.15) is 0 Å². The molecule has 0 heterocycles. The second-order valence-electron chi connectivity index (χ2n) is 2.73. The number of hydrogen-bond acceptors (Lipinski definition) is 10. The quantitative estimate of drug-likeness (QED) is 0.453. The van der Waals surface area contributed by atoms with Gasteiger partial charge in [-0.2, -0.15) is 0 Å². The van der Waals surface area contributed by atoms with Crippen molar-refractivity contribution in [1.82, 2.24) is 4.90 Å². The molecule has 0 aromatic carbocycles. The molecule has 0 aliphatic heterocycles. The minimum atomic E-state index is -5.00. The molecule has 0 fully saturated rings. The highest BCUT2D eigenvalue weighted by atomic mass is 32.2. The first-order chi connectivity index (χ1) is 6.79. The van der Waals surface area contributed by atoms with Crippen LogP contribution < -0.4 is 0 Å². The summed E-state index contributed by atoms with van der Waals surface area (Å²) >= 11 is 0. The number of rotatable bonds is 6. The topological polar surface area (TPSA) is 175 Å². The lowest BCUT2D eigenvalue weighted by Crippen LogP contribution is -2.38. The Kier molecular flexibility index (Phi) is 4.81. The Balaban J connectivity index is 4.93. The summed E-state index contributed by atoms with van der Waals surface area (Å²) in [5.41, 5.74) is 0. The van der Waals surface area contributed by atoms with Crippen molar-refractivity contribution in [1.29, 1.82) is 0 Å². The lowest BCUT2D eigenvalue weighted by atomic mass is 11.0. The number of nitrogens with zero attached hydrogens (tertiary/aromatic N) is 1. The summed E-state index contributed by atoms with van der Waals surface area (Å²) in [4.78, 5) is -0.0764. The van der Waals surface area contributed by atoms with Crippen LogP contribution in [0.4, 0.5) is 0 Å². The van der Waals surface area contributed by atoms with Crippen LogP contribution in [0, 0.1) is 0 Å². The van der Waals surface area contributed by atoms with Gasteiger partial charge < -0.3 is 13.7 Å². The van der Waals surface area contributed by atoms with Gasteiger partial charge in [0, 0.05) is 0 Å². The second-order valence-corrected chi connectivity index (χ2v) is 6.85. The lowest BCUT2D eigenvalue weighted by molar-refractivity contribution is 0.345. The molecule has 0 unspecified atom stereocenters. The highest BCUT2D eigenvalue weighted by Crippen LogP contribution is 1.99. The van der Waals surface area contributed by atoms with Crippen molar-refractivity contribution < 1.29 is 38.9 Å². The van der Waals surface area contributed by atoms with Crippen molar-refractivity contribution in [3.8, 4) is 0 Å². The Morgan fingerprint density at radius 2 is 0.812 bits per heavy atom. The van der Waals surface area contributed by atoms with Gasteiger partial charge >= 0.3 is 0 Å². The van der Waals surface area contributed by atoms with Crippen LogP contribution in [0.15, 0.2) is 0 Å². The first kappa shape index (κ1) is 15.7. The van der Waals surface area contributed by atoms with E-state index in [-0.39, 0.29) is 4.90 Å². The highest BCUT2D eigenvalue weighted by molar-refractivity contribution is 7.87. The van der Waals surface area contributed by atoms with Crippen LogP contribution in [0.5, 0.6) is 0 Å². The van der Waals surface area contributed by atoms with Gasteiger partial charge in [-0.15, -0.1) is 0 Å². The SMILES string of the molecule is O=S(=O)([O-])CN(CS(=O)(=O)[O-])CS(=O)(=O)[O-]. The summed E-state index contributed by atoms with van der Waals surface area (Å²) in [6, 6.07) is 0. The van der Waals surface area contributed by atoms with Crippen LogP contribution in [-0.4, -0.2) is 61.4 Å². The Labute approximate surface area is 92.1 Å². The molecule has 13 heteroatoms. The van der Waals surface area contributed by atoms with E-state index in [9.17, 15) is 38.9 Å². The van der Waals surface area contributed by atoms with Crippen molar-refractivity contribution >= 4 is 30.4 Å². The van der Waals surface area contributed by atoms with Crippen molar-refractivity contribution in [2.45, 2.75) is 0 Å². The molecule has 0 aliphatic rings. The van der Waals surface area contributed by atoms with Gasteiger partial charge in [0.05, 0.1) is 17.6 Å². The van der Waals surface area contributed by atoms with Crippen molar-refractivity contribution in [3.63, 3.8) is 0 Å². The molecule has 0 aromatic heterocycles. The normalized spacial score (nSPS) is 14.2. The average Bonchev–Trinajstić information content (AvgIpc) is 1.70. The van der Waals surface area contributed by atoms with Crippen molar-refractivity contribution in [3.05, 3.63) is 0 Å². The highest BCUT2D eigenvalue weighted by Gasteiger charge is 2.14. The van der Waals surface area contributed by atoms with Crippen molar-refractivity contribution in [2.75, 3.05) is 17.6 Å². The van der Waals surface area contributed by atoms with Crippen LogP contribution in [0.2, 0.25) is 0 Å². The van der Waals surface area contributed by atoms with Gasteiger partial charge in [0.1, 0.15) is 30.4 Å². The van der Waals surface area contributed by atoms with E-state index in [2.05, 4.69) is 0 Å². The zero-order chi connectivity index (χ0) is 13.2. The first-order valence-electron chi connectivity index (χ1n) is 3.31. The summed E-state index contributed by atoms with van der Waals surface area (Å²) in [5, 5.41) is 0. The number of hydrogen-bond donors (Lipinski definition) is 0. The molecule has 10 nitrogen and oxygen atoms in total. The maximum Gasteiger partial charge on any atom is 0.108 e. The fourth-order valence-corrected chi connectivity index (χ4v) is 3.02. The second kappa shape index (κ2) is 4.91. The molecule has 0 spiro atoms. The predicted octanol–water partition coefficient (Wildman–Crippen LogP) is -3.20. The predicted molar refractivity (Wildman–Crippen MR) is 45.5 cm³/mol. The van der Waals surface area contributed by atoms with E-state index in [4.69, 9.17) is 0 Å². The molecule has 0 aromatic rings. The molecule has 0 N–H and O–H groups in total. The molecule has 0 amide bonds. The minimum absolute atomic E-state index is 0.0764. The van der Waals surface area contributed by atoms with Crippen molar-refractivity contribution in [2.24, 2.45) is 0 Å². The van der Waals surface area contributed by atoms with Gasteiger partial charge in [-0.05, 0) is 0 Å².